The Balaban J connectivity index is 1.96. The van der Waals surface area contributed by atoms with E-state index in [4.69, 9.17) is 10.5 Å². The molecule has 5 nitrogen and oxygen atoms in total. The lowest BCUT2D eigenvalue weighted by molar-refractivity contribution is 0.328. The van der Waals surface area contributed by atoms with Gasteiger partial charge in [-0.3, -0.25) is 0 Å². The fraction of sp³-hybridized carbons (Fsp3) is 0.200. The first-order chi connectivity index (χ1) is 7.88. The van der Waals surface area contributed by atoms with E-state index in [0.29, 0.717) is 13.2 Å². The molecule has 1 heterocycles. The number of ether oxygens (including phenoxy) is 1. The van der Waals surface area contributed by atoms with Crippen molar-refractivity contribution in [2.24, 2.45) is 5.73 Å². The van der Waals surface area contributed by atoms with Crippen molar-refractivity contribution < 1.29 is 4.74 Å². The highest BCUT2D eigenvalue weighted by atomic mass is 32.1. The number of benzene rings is 1. The molecule has 0 fully saturated rings. The van der Waals surface area contributed by atoms with Gasteiger partial charge in [0.25, 0.3) is 0 Å². The van der Waals surface area contributed by atoms with Crippen LogP contribution in [0.15, 0.2) is 29.8 Å². The van der Waals surface area contributed by atoms with Crippen LogP contribution < -0.4 is 15.8 Å². The Morgan fingerprint density at radius 2 is 2.12 bits per heavy atom. The summed E-state index contributed by atoms with van der Waals surface area (Å²) < 4.78 is 5.37. The first kappa shape index (κ1) is 10.8. The third-order valence-corrected chi connectivity index (χ3v) is 2.46. The Bertz CT molecular complexity index is 415. The number of nitrogens with one attached hydrogen (secondary N) is 1. The normalized spacial score (nSPS) is 10.1. The molecule has 0 saturated carbocycles. The van der Waals surface area contributed by atoms with Crippen LogP contribution in [0.5, 0.6) is 5.75 Å². The topological polar surface area (TPSA) is 73.1 Å². The van der Waals surface area contributed by atoms with E-state index < -0.39 is 0 Å². The van der Waals surface area contributed by atoms with Gasteiger partial charge in [-0.05, 0) is 24.3 Å². The standard InChI is InChI=1S/C10H12N4OS/c11-5-6-15-9-3-1-8(2-4-9)13-10-14-12-7-16-10/h1-4,7H,5-6,11H2,(H,13,14). The van der Waals surface area contributed by atoms with Gasteiger partial charge in [0.1, 0.15) is 17.9 Å². The summed E-state index contributed by atoms with van der Waals surface area (Å²) in [5.74, 6) is 0.813. The summed E-state index contributed by atoms with van der Waals surface area (Å²) in [4.78, 5) is 0. The molecule has 0 radical (unpaired) electrons. The highest BCUT2D eigenvalue weighted by Crippen LogP contribution is 2.20. The van der Waals surface area contributed by atoms with Crippen molar-refractivity contribution >= 4 is 22.2 Å². The van der Waals surface area contributed by atoms with Crippen molar-refractivity contribution in [3.05, 3.63) is 29.8 Å². The van der Waals surface area contributed by atoms with Crippen molar-refractivity contribution in [2.75, 3.05) is 18.5 Å². The second kappa shape index (κ2) is 5.43. The average Bonchev–Trinajstić information content (AvgIpc) is 2.81. The molecule has 0 aliphatic heterocycles. The maximum atomic E-state index is 5.37. The molecular formula is C10H12N4OS. The molecule has 1 aromatic carbocycles. The molecule has 2 aromatic rings. The van der Waals surface area contributed by atoms with E-state index in [1.807, 2.05) is 24.3 Å². The maximum Gasteiger partial charge on any atom is 0.209 e. The summed E-state index contributed by atoms with van der Waals surface area (Å²) in [6.07, 6.45) is 0. The predicted octanol–water partition coefficient (Wildman–Crippen LogP) is 1.62. The first-order valence-electron chi connectivity index (χ1n) is 4.84. The van der Waals surface area contributed by atoms with Gasteiger partial charge in [-0.1, -0.05) is 11.3 Å². The van der Waals surface area contributed by atoms with Crippen LogP contribution in [0.3, 0.4) is 0 Å². The van der Waals surface area contributed by atoms with Crippen LogP contribution in [0.1, 0.15) is 0 Å². The quantitative estimate of drug-likeness (QED) is 0.825. The number of nitrogens with zero attached hydrogens (tertiary/aromatic N) is 2. The zero-order valence-corrected chi connectivity index (χ0v) is 9.41. The van der Waals surface area contributed by atoms with Crippen molar-refractivity contribution in [3.8, 4) is 5.75 Å². The van der Waals surface area contributed by atoms with Gasteiger partial charge in [0, 0.05) is 12.2 Å². The lowest BCUT2D eigenvalue weighted by Gasteiger charge is -2.05. The maximum absolute atomic E-state index is 5.37. The molecule has 0 aliphatic rings. The van der Waals surface area contributed by atoms with Crippen molar-refractivity contribution in [2.45, 2.75) is 0 Å². The van der Waals surface area contributed by atoms with Gasteiger partial charge >= 0.3 is 0 Å². The van der Waals surface area contributed by atoms with Crippen molar-refractivity contribution in [1.29, 1.82) is 0 Å². The molecular weight excluding hydrogens is 224 g/mol. The molecule has 0 spiro atoms. The Kier molecular flexibility index (Phi) is 3.68. The number of hydrogen-bond donors (Lipinski definition) is 2. The molecule has 0 amide bonds. The molecule has 0 unspecified atom stereocenters. The van der Waals surface area contributed by atoms with Gasteiger partial charge in [0.05, 0.1) is 0 Å². The van der Waals surface area contributed by atoms with E-state index in [1.165, 1.54) is 11.3 Å². The first-order valence-corrected chi connectivity index (χ1v) is 5.72. The monoisotopic (exact) mass is 236 g/mol. The second-order valence-electron chi connectivity index (χ2n) is 3.03. The van der Waals surface area contributed by atoms with Crippen LogP contribution in [-0.2, 0) is 0 Å². The zero-order chi connectivity index (χ0) is 11.2. The third-order valence-electron chi connectivity index (χ3n) is 1.85. The number of aromatic nitrogens is 2. The van der Waals surface area contributed by atoms with Crippen LogP contribution in [0.2, 0.25) is 0 Å². The fourth-order valence-electron chi connectivity index (χ4n) is 1.16. The van der Waals surface area contributed by atoms with Gasteiger partial charge in [-0.25, -0.2) is 0 Å². The summed E-state index contributed by atoms with van der Waals surface area (Å²) in [6.45, 7) is 1.05. The number of rotatable bonds is 5. The Hall–Kier alpha value is -1.66. The minimum Gasteiger partial charge on any atom is -0.492 e. The van der Waals surface area contributed by atoms with Gasteiger partial charge in [-0.2, -0.15) is 0 Å². The summed E-state index contributed by atoms with van der Waals surface area (Å²) in [6, 6.07) is 7.62. The second-order valence-corrected chi connectivity index (χ2v) is 3.86. The lowest BCUT2D eigenvalue weighted by atomic mass is 10.3. The minimum atomic E-state index is 0.519. The highest BCUT2D eigenvalue weighted by Gasteiger charge is 1.98. The number of hydrogen-bond acceptors (Lipinski definition) is 6. The molecule has 16 heavy (non-hydrogen) atoms. The van der Waals surface area contributed by atoms with E-state index in [9.17, 15) is 0 Å². The van der Waals surface area contributed by atoms with E-state index in [2.05, 4.69) is 15.5 Å². The van der Waals surface area contributed by atoms with Crippen LogP contribution in [0, 0.1) is 0 Å². The average molecular weight is 236 g/mol. The largest absolute Gasteiger partial charge is 0.492 e. The van der Waals surface area contributed by atoms with Gasteiger partial charge in [0.15, 0.2) is 0 Å². The molecule has 3 N–H and O–H groups in total. The van der Waals surface area contributed by atoms with Crippen molar-refractivity contribution in [1.82, 2.24) is 10.2 Å². The van der Waals surface area contributed by atoms with Crippen LogP contribution in [-0.4, -0.2) is 23.3 Å². The molecule has 0 bridgehead atoms. The lowest BCUT2D eigenvalue weighted by Crippen LogP contribution is -2.10. The van der Waals surface area contributed by atoms with E-state index in [-0.39, 0.29) is 0 Å². The molecule has 6 heteroatoms. The summed E-state index contributed by atoms with van der Waals surface area (Å²) >= 11 is 1.45. The smallest absolute Gasteiger partial charge is 0.209 e. The Morgan fingerprint density at radius 3 is 2.75 bits per heavy atom. The van der Waals surface area contributed by atoms with Gasteiger partial charge in [-0.15, -0.1) is 10.2 Å². The van der Waals surface area contributed by atoms with Crippen LogP contribution in [0.4, 0.5) is 10.8 Å². The molecule has 0 aliphatic carbocycles. The van der Waals surface area contributed by atoms with E-state index in [0.717, 1.165) is 16.6 Å². The van der Waals surface area contributed by atoms with E-state index in [1.54, 1.807) is 5.51 Å². The van der Waals surface area contributed by atoms with Crippen LogP contribution in [0.25, 0.3) is 0 Å². The van der Waals surface area contributed by atoms with Crippen molar-refractivity contribution in [3.63, 3.8) is 0 Å². The number of nitrogens with two attached hydrogens (primary N) is 1. The van der Waals surface area contributed by atoms with Crippen LogP contribution >= 0.6 is 11.3 Å². The third kappa shape index (κ3) is 2.91. The van der Waals surface area contributed by atoms with Gasteiger partial charge < -0.3 is 15.8 Å². The number of anilines is 2. The highest BCUT2D eigenvalue weighted by molar-refractivity contribution is 7.13. The zero-order valence-electron chi connectivity index (χ0n) is 8.59. The SMILES string of the molecule is NCCOc1ccc(Nc2nncs2)cc1. The molecule has 1 aromatic heterocycles. The molecule has 2 rings (SSSR count). The summed E-state index contributed by atoms with van der Waals surface area (Å²) in [5, 5.41) is 11.5. The fourth-order valence-corrected chi connectivity index (χ4v) is 1.63. The summed E-state index contributed by atoms with van der Waals surface area (Å²) in [7, 11) is 0. The van der Waals surface area contributed by atoms with E-state index >= 15 is 0 Å². The minimum absolute atomic E-state index is 0.519. The Labute approximate surface area is 97.3 Å². The predicted molar refractivity (Wildman–Crippen MR) is 64.2 cm³/mol. The van der Waals surface area contributed by atoms with Gasteiger partial charge in [0.2, 0.25) is 5.13 Å². The Morgan fingerprint density at radius 1 is 1.31 bits per heavy atom. The molecule has 0 saturated heterocycles. The molecule has 84 valence electrons. The molecule has 0 atom stereocenters. The summed E-state index contributed by atoms with van der Waals surface area (Å²) in [5.41, 5.74) is 7.98.